The summed E-state index contributed by atoms with van der Waals surface area (Å²) >= 11 is 1.36. The van der Waals surface area contributed by atoms with Gasteiger partial charge in [-0.25, -0.2) is 0 Å². The SMILES string of the molecule is C#CCn1c(=NC(=O)c2ccn(CC)n2)sc2cc(OC)c(OC)cc21. The van der Waals surface area contributed by atoms with Crippen molar-refractivity contribution in [1.29, 1.82) is 0 Å². The van der Waals surface area contributed by atoms with Crippen LogP contribution in [0, 0.1) is 12.3 Å². The zero-order valence-corrected chi connectivity index (χ0v) is 15.5. The number of nitrogens with zero attached hydrogens (tertiary/aromatic N) is 4. The van der Waals surface area contributed by atoms with Crippen LogP contribution in [-0.4, -0.2) is 34.5 Å². The molecule has 3 aromatic rings. The Bertz CT molecular complexity index is 1070. The van der Waals surface area contributed by atoms with Gasteiger partial charge in [0.15, 0.2) is 22.0 Å². The average molecular weight is 370 g/mol. The molecule has 134 valence electrons. The monoisotopic (exact) mass is 370 g/mol. The van der Waals surface area contributed by atoms with Crippen molar-refractivity contribution < 1.29 is 14.3 Å². The van der Waals surface area contributed by atoms with Crippen molar-refractivity contribution in [1.82, 2.24) is 14.3 Å². The van der Waals surface area contributed by atoms with Crippen LogP contribution in [0.3, 0.4) is 0 Å². The van der Waals surface area contributed by atoms with Gasteiger partial charge in [0.1, 0.15) is 0 Å². The van der Waals surface area contributed by atoms with Crippen LogP contribution in [0.1, 0.15) is 17.4 Å². The second kappa shape index (κ2) is 7.45. The topological polar surface area (TPSA) is 70.6 Å². The van der Waals surface area contributed by atoms with Crippen molar-refractivity contribution in [3.05, 3.63) is 34.9 Å². The number of rotatable bonds is 5. The minimum Gasteiger partial charge on any atom is -0.493 e. The quantitative estimate of drug-likeness (QED) is 0.646. The summed E-state index contributed by atoms with van der Waals surface area (Å²) in [6, 6.07) is 5.33. The zero-order chi connectivity index (χ0) is 18.7. The number of benzene rings is 1. The van der Waals surface area contributed by atoms with E-state index in [-0.39, 0.29) is 6.54 Å². The largest absolute Gasteiger partial charge is 0.493 e. The lowest BCUT2D eigenvalue weighted by atomic mass is 10.3. The number of hydrogen-bond donors (Lipinski definition) is 0. The Kier molecular flexibility index (Phi) is 5.09. The molecule has 0 aliphatic rings. The van der Waals surface area contributed by atoms with Crippen LogP contribution in [0.15, 0.2) is 29.4 Å². The van der Waals surface area contributed by atoms with E-state index in [0.717, 1.165) is 10.2 Å². The number of carbonyl (C=O) groups excluding carboxylic acids is 1. The van der Waals surface area contributed by atoms with Crippen LogP contribution in [0.2, 0.25) is 0 Å². The molecule has 26 heavy (non-hydrogen) atoms. The van der Waals surface area contributed by atoms with E-state index in [2.05, 4.69) is 16.0 Å². The molecule has 2 heterocycles. The van der Waals surface area contributed by atoms with Gasteiger partial charge in [-0.05, 0) is 13.0 Å². The van der Waals surface area contributed by atoms with Crippen LogP contribution < -0.4 is 14.3 Å². The summed E-state index contributed by atoms with van der Waals surface area (Å²) < 4.78 is 15.1. The summed E-state index contributed by atoms with van der Waals surface area (Å²) in [7, 11) is 3.14. The van der Waals surface area contributed by atoms with Gasteiger partial charge in [0.05, 0.1) is 31.0 Å². The Morgan fingerprint density at radius 2 is 2.08 bits per heavy atom. The number of fused-ring (bicyclic) bond motifs is 1. The number of amides is 1. The highest BCUT2D eigenvalue weighted by molar-refractivity contribution is 7.16. The molecule has 0 unspecified atom stereocenters. The zero-order valence-electron chi connectivity index (χ0n) is 14.7. The third kappa shape index (κ3) is 3.21. The number of hydrogen-bond acceptors (Lipinski definition) is 5. The highest BCUT2D eigenvalue weighted by Crippen LogP contribution is 2.33. The molecule has 0 fully saturated rings. The maximum atomic E-state index is 12.5. The highest BCUT2D eigenvalue weighted by Gasteiger charge is 2.14. The molecular formula is C18H18N4O3S. The third-order valence-electron chi connectivity index (χ3n) is 3.82. The molecule has 0 bridgehead atoms. The van der Waals surface area contributed by atoms with E-state index in [4.69, 9.17) is 15.9 Å². The average Bonchev–Trinajstić information content (AvgIpc) is 3.26. The van der Waals surface area contributed by atoms with Crippen molar-refractivity contribution >= 4 is 27.5 Å². The minimum atomic E-state index is -0.409. The predicted octanol–water partition coefficient (Wildman–Crippen LogP) is 2.31. The van der Waals surface area contributed by atoms with Gasteiger partial charge in [-0.2, -0.15) is 10.1 Å². The van der Waals surface area contributed by atoms with E-state index in [0.29, 0.717) is 28.5 Å². The second-order valence-corrected chi connectivity index (χ2v) is 6.33. The van der Waals surface area contributed by atoms with Crippen molar-refractivity contribution in [3.63, 3.8) is 0 Å². The first-order valence-electron chi connectivity index (χ1n) is 7.92. The lowest BCUT2D eigenvalue weighted by Gasteiger charge is -2.08. The summed E-state index contributed by atoms with van der Waals surface area (Å²) in [5, 5.41) is 4.20. The van der Waals surface area contributed by atoms with Gasteiger partial charge in [0, 0.05) is 24.9 Å². The van der Waals surface area contributed by atoms with Gasteiger partial charge in [-0.1, -0.05) is 17.3 Å². The standard InChI is InChI=1S/C18H18N4O3S/c1-5-8-22-13-10-14(24-3)15(25-4)11-16(13)26-18(22)19-17(23)12-7-9-21(6-2)20-12/h1,7,9-11H,6,8H2,2-4H3. The Morgan fingerprint density at radius 3 is 2.69 bits per heavy atom. The van der Waals surface area contributed by atoms with E-state index < -0.39 is 5.91 Å². The highest BCUT2D eigenvalue weighted by atomic mass is 32.1. The Hall–Kier alpha value is -3.05. The van der Waals surface area contributed by atoms with Crippen LogP contribution in [0.25, 0.3) is 10.2 Å². The lowest BCUT2D eigenvalue weighted by Crippen LogP contribution is -2.16. The molecule has 0 atom stereocenters. The van der Waals surface area contributed by atoms with Crippen molar-refractivity contribution in [2.24, 2.45) is 4.99 Å². The van der Waals surface area contributed by atoms with Gasteiger partial charge in [-0.3, -0.25) is 9.48 Å². The van der Waals surface area contributed by atoms with E-state index in [1.165, 1.54) is 11.3 Å². The molecule has 0 saturated heterocycles. The summed E-state index contributed by atoms with van der Waals surface area (Å²) in [5.74, 6) is 3.38. The van der Waals surface area contributed by atoms with Gasteiger partial charge >= 0.3 is 0 Å². The summed E-state index contributed by atoms with van der Waals surface area (Å²) in [6.07, 6.45) is 7.25. The molecule has 0 aliphatic heterocycles. The lowest BCUT2D eigenvalue weighted by molar-refractivity contribution is 0.0992. The molecule has 1 aromatic carbocycles. The van der Waals surface area contributed by atoms with Crippen LogP contribution in [-0.2, 0) is 13.1 Å². The first-order chi connectivity index (χ1) is 12.6. The number of methoxy groups -OCH3 is 2. The molecule has 0 N–H and O–H groups in total. The van der Waals surface area contributed by atoms with Gasteiger partial charge < -0.3 is 14.0 Å². The number of thiazole rings is 1. The predicted molar refractivity (Wildman–Crippen MR) is 99.5 cm³/mol. The maximum absolute atomic E-state index is 12.5. The molecular weight excluding hydrogens is 352 g/mol. The van der Waals surface area contributed by atoms with Crippen LogP contribution in [0.5, 0.6) is 11.5 Å². The number of ether oxygens (including phenoxy) is 2. The molecule has 0 spiro atoms. The Balaban J connectivity index is 2.16. The summed E-state index contributed by atoms with van der Waals surface area (Å²) in [5.41, 5.74) is 1.13. The first kappa shape index (κ1) is 17.8. The van der Waals surface area contributed by atoms with Gasteiger partial charge in [-0.15, -0.1) is 6.42 Å². The molecule has 3 rings (SSSR count). The number of carbonyl (C=O) groups is 1. The fourth-order valence-electron chi connectivity index (χ4n) is 2.52. The van der Waals surface area contributed by atoms with Crippen molar-refractivity contribution in [2.75, 3.05) is 14.2 Å². The van der Waals surface area contributed by atoms with E-state index in [9.17, 15) is 4.79 Å². The fourth-order valence-corrected chi connectivity index (χ4v) is 3.56. The molecule has 0 radical (unpaired) electrons. The number of aryl methyl sites for hydroxylation is 1. The molecule has 0 aliphatic carbocycles. The number of aromatic nitrogens is 3. The Morgan fingerprint density at radius 1 is 1.35 bits per heavy atom. The van der Waals surface area contributed by atoms with E-state index in [1.807, 2.05) is 19.1 Å². The Labute approximate surface area is 154 Å². The molecule has 8 heteroatoms. The van der Waals surface area contributed by atoms with Crippen LogP contribution >= 0.6 is 11.3 Å². The molecule has 2 aromatic heterocycles. The normalized spacial score (nSPS) is 11.5. The second-order valence-electron chi connectivity index (χ2n) is 5.32. The molecule has 7 nitrogen and oxygen atoms in total. The minimum absolute atomic E-state index is 0.283. The smallest absolute Gasteiger partial charge is 0.300 e. The summed E-state index contributed by atoms with van der Waals surface area (Å²) in [4.78, 5) is 17.2. The summed E-state index contributed by atoms with van der Waals surface area (Å²) in [6.45, 7) is 2.92. The fraction of sp³-hybridized carbons (Fsp3) is 0.278. The number of terminal acetylenes is 1. The van der Waals surface area contributed by atoms with E-state index in [1.54, 1.807) is 35.7 Å². The van der Waals surface area contributed by atoms with E-state index >= 15 is 0 Å². The van der Waals surface area contributed by atoms with Crippen molar-refractivity contribution in [3.8, 4) is 23.8 Å². The molecule has 0 saturated carbocycles. The molecule has 1 amide bonds. The maximum Gasteiger partial charge on any atom is 0.300 e. The van der Waals surface area contributed by atoms with Gasteiger partial charge in [0.2, 0.25) is 0 Å². The van der Waals surface area contributed by atoms with Crippen LogP contribution in [0.4, 0.5) is 0 Å². The first-order valence-corrected chi connectivity index (χ1v) is 8.74. The third-order valence-corrected chi connectivity index (χ3v) is 4.86. The van der Waals surface area contributed by atoms with Gasteiger partial charge in [0.25, 0.3) is 5.91 Å². The van der Waals surface area contributed by atoms with Crippen molar-refractivity contribution in [2.45, 2.75) is 20.0 Å².